The molecular formula is C19H18FN5O3. The Morgan fingerprint density at radius 1 is 1.11 bits per heavy atom. The zero-order chi connectivity index (χ0) is 19.9. The molecule has 0 spiro atoms. The SMILES string of the molecule is Cc1nc(-c2cccc(NC(=O)CNC(=O)NCc3ccc(F)cc3)c2)no1. The topological polar surface area (TPSA) is 109 Å². The van der Waals surface area contributed by atoms with Gasteiger partial charge in [0.05, 0.1) is 6.54 Å². The Bertz CT molecular complexity index is 972. The molecule has 0 unspecified atom stereocenters. The van der Waals surface area contributed by atoms with Crippen LogP contribution in [0.15, 0.2) is 53.1 Å². The zero-order valence-electron chi connectivity index (χ0n) is 15.0. The number of halogens is 1. The molecule has 0 saturated heterocycles. The fourth-order valence-electron chi connectivity index (χ4n) is 2.37. The van der Waals surface area contributed by atoms with Crippen molar-refractivity contribution in [3.05, 3.63) is 65.8 Å². The van der Waals surface area contributed by atoms with Crippen LogP contribution in [0.4, 0.5) is 14.9 Å². The molecule has 2 aromatic carbocycles. The van der Waals surface area contributed by atoms with Crippen molar-refractivity contribution < 1.29 is 18.5 Å². The number of rotatable bonds is 6. The number of aromatic nitrogens is 2. The molecule has 28 heavy (non-hydrogen) atoms. The Labute approximate surface area is 160 Å². The van der Waals surface area contributed by atoms with E-state index in [4.69, 9.17) is 4.52 Å². The van der Waals surface area contributed by atoms with Gasteiger partial charge in [-0.2, -0.15) is 4.98 Å². The third-order valence-electron chi connectivity index (χ3n) is 3.71. The molecule has 1 aromatic heterocycles. The van der Waals surface area contributed by atoms with Gasteiger partial charge < -0.3 is 20.5 Å². The first-order chi connectivity index (χ1) is 13.5. The van der Waals surface area contributed by atoms with Gasteiger partial charge in [0, 0.05) is 24.7 Å². The summed E-state index contributed by atoms with van der Waals surface area (Å²) in [5.74, 6) is 0.133. The second-order valence-electron chi connectivity index (χ2n) is 5.93. The van der Waals surface area contributed by atoms with Gasteiger partial charge in [-0.1, -0.05) is 29.4 Å². The first-order valence-electron chi connectivity index (χ1n) is 8.46. The number of nitrogens with zero attached hydrogens (tertiary/aromatic N) is 2. The van der Waals surface area contributed by atoms with Crippen LogP contribution in [0, 0.1) is 12.7 Å². The van der Waals surface area contributed by atoms with Crippen molar-refractivity contribution in [1.29, 1.82) is 0 Å². The number of aryl methyl sites for hydroxylation is 1. The van der Waals surface area contributed by atoms with E-state index in [2.05, 4.69) is 26.1 Å². The maximum Gasteiger partial charge on any atom is 0.315 e. The van der Waals surface area contributed by atoms with Crippen LogP contribution in [0.3, 0.4) is 0 Å². The molecule has 0 bridgehead atoms. The van der Waals surface area contributed by atoms with Crippen molar-refractivity contribution in [2.24, 2.45) is 0 Å². The van der Waals surface area contributed by atoms with Crippen LogP contribution < -0.4 is 16.0 Å². The van der Waals surface area contributed by atoms with Gasteiger partial charge in [0.2, 0.25) is 17.6 Å². The maximum atomic E-state index is 12.8. The van der Waals surface area contributed by atoms with Gasteiger partial charge in [0.25, 0.3) is 0 Å². The number of hydrogen-bond donors (Lipinski definition) is 3. The molecule has 0 aliphatic carbocycles. The van der Waals surface area contributed by atoms with E-state index in [1.165, 1.54) is 12.1 Å². The van der Waals surface area contributed by atoms with E-state index >= 15 is 0 Å². The van der Waals surface area contributed by atoms with Crippen molar-refractivity contribution in [2.45, 2.75) is 13.5 Å². The second-order valence-corrected chi connectivity index (χ2v) is 5.93. The predicted octanol–water partition coefficient (Wildman–Crippen LogP) is 2.62. The molecule has 144 valence electrons. The van der Waals surface area contributed by atoms with Crippen LogP contribution in [0.25, 0.3) is 11.4 Å². The highest BCUT2D eigenvalue weighted by Gasteiger charge is 2.09. The van der Waals surface area contributed by atoms with Gasteiger partial charge in [-0.25, -0.2) is 9.18 Å². The number of carbonyl (C=O) groups excluding carboxylic acids is 2. The molecule has 9 heteroatoms. The monoisotopic (exact) mass is 383 g/mol. The van der Waals surface area contributed by atoms with Crippen LogP contribution >= 0.6 is 0 Å². The lowest BCUT2D eigenvalue weighted by atomic mass is 10.2. The lowest BCUT2D eigenvalue weighted by Crippen LogP contribution is -2.39. The number of anilines is 1. The van der Waals surface area contributed by atoms with Crippen LogP contribution in [0.2, 0.25) is 0 Å². The van der Waals surface area contributed by atoms with Gasteiger partial charge in [0.1, 0.15) is 5.82 Å². The molecule has 0 aliphatic rings. The van der Waals surface area contributed by atoms with E-state index < -0.39 is 11.9 Å². The number of urea groups is 1. The minimum absolute atomic E-state index is 0.208. The van der Waals surface area contributed by atoms with E-state index in [1.807, 2.05) is 0 Å². The lowest BCUT2D eigenvalue weighted by molar-refractivity contribution is -0.115. The van der Waals surface area contributed by atoms with Gasteiger partial charge in [-0.3, -0.25) is 4.79 Å². The number of nitrogens with one attached hydrogen (secondary N) is 3. The highest BCUT2D eigenvalue weighted by Crippen LogP contribution is 2.19. The van der Waals surface area contributed by atoms with Crippen molar-refractivity contribution in [2.75, 3.05) is 11.9 Å². The minimum atomic E-state index is -0.504. The molecule has 0 aliphatic heterocycles. The molecule has 0 atom stereocenters. The number of benzene rings is 2. The highest BCUT2D eigenvalue weighted by molar-refractivity contribution is 5.94. The Morgan fingerprint density at radius 2 is 1.89 bits per heavy atom. The molecule has 3 rings (SSSR count). The summed E-state index contributed by atoms with van der Waals surface area (Å²) >= 11 is 0. The first-order valence-corrected chi connectivity index (χ1v) is 8.46. The van der Waals surface area contributed by atoms with Crippen molar-refractivity contribution in [3.8, 4) is 11.4 Å². The van der Waals surface area contributed by atoms with Crippen LogP contribution in [0.5, 0.6) is 0 Å². The predicted molar refractivity (Wildman–Crippen MR) is 99.7 cm³/mol. The molecule has 3 aromatic rings. The summed E-state index contributed by atoms with van der Waals surface area (Å²) in [4.78, 5) is 27.9. The largest absolute Gasteiger partial charge is 0.339 e. The van der Waals surface area contributed by atoms with E-state index in [0.29, 0.717) is 23.0 Å². The average molecular weight is 383 g/mol. The van der Waals surface area contributed by atoms with Crippen LogP contribution in [0.1, 0.15) is 11.5 Å². The quantitative estimate of drug-likeness (QED) is 0.606. The average Bonchev–Trinajstić information content (AvgIpc) is 3.12. The second kappa shape index (κ2) is 8.76. The van der Waals surface area contributed by atoms with Gasteiger partial charge in [-0.05, 0) is 29.8 Å². The molecular weight excluding hydrogens is 365 g/mol. The number of carbonyl (C=O) groups is 2. The standard InChI is InChI=1S/C19H18FN5O3/c1-12-23-18(25-28-12)14-3-2-4-16(9-14)24-17(26)11-22-19(27)21-10-13-5-7-15(20)8-6-13/h2-9H,10-11H2,1H3,(H,24,26)(H2,21,22,27). The smallest absolute Gasteiger partial charge is 0.315 e. The van der Waals surface area contributed by atoms with Gasteiger partial charge >= 0.3 is 6.03 Å². The Hall–Kier alpha value is -3.75. The summed E-state index contributed by atoms with van der Waals surface area (Å²) < 4.78 is 17.8. The van der Waals surface area contributed by atoms with Gasteiger partial charge in [0.15, 0.2) is 0 Å². The molecule has 0 radical (unpaired) electrons. The van der Waals surface area contributed by atoms with Crippen molar-refractivity contribution in [3.63, 3.8) is 0 Å². The maximum absolute atomic E-state index is 12.8. The van der Waals surface area contributed by atoms with Gasteiger partial charge in [-0.15, -0.1) is 0 Å². The molecule has 0 fully saturated rings. The highest BCUT2D eigenvalue weighted by atomic mass is 19.1. The van der Waals surface area contributed by atoms with E-state index in [1.54, 1.807) is 43.3 Å². The Balaban J connectivity index is 1.46. The van der Waals surface area contributed by atoms with Crippen LogP contribution in [-0.4, -0.2) is 28.6 Å². The van der Waals surface area contributed by atoms with E-state index in [9.17, 15) is 14.0 Å². The Kier molecular flexibility index (Phi) is 5.95. The molecule has 3 amide bonds. The normalized spacial score (nSPS) is 10.4. The number of hydrogen-bond acceptors (Lipinski definition) is 5. The fraction of sp³-hybridized carbons (Fsp3) is 0.158. The summed E-state index contributed by atoms with van der Waals surface area (Å²) in [7, 11) is 0. The molecule has 8 nitrogen and oxygen atoms in total. The third-order valence-corrected chi connectivity index (χ3v) is 3.71. The first kappa shape index (κ1) is 19.0. The van der Waals surface area contributed by atoms with Crippen molar-refractivity contribution in [1.82, 2.24) is 20.8 Å². The summed E-state index contributed by atoms with van der Waals surface area (Å²) in [6, 6.07) is 12.2. The third kappa shape index (κ3) is 5.37. The summed E-state index contributed by atoms with van der Waals surface area (Å²) in [5.41, 5.74) is 1.98. The zero-order valence-corrected chi connectivity index (χ0v) is 15.0. The molecule has 3 N–H and O–H groups in total. The van der Waals surface area contributed by atoms with E-state index in [0.717, 1.165) is 5.56 Å². The molecule has 0 saturated carbocycles. The lowest BCUT2D eigenvalue weighted by Gasteiger charge is -2.09. The minimum Gasteiger partial charge on any atom is -0.339 e. The summed E-state index contributed by atoms with van der Waals surface area (Å²) in [6.45, 7) is 1.70. The number of amides is 3. The summed E-state index contributed by atoms with van der Waals surface area (Å²) in [5, 5.41) is 11.6. The summed E-state index contributed by atoms with van der Waals surface area (Å²) in [6.07, 6.45) is 0. The van der Waals surface area contributed by atoms with Crippen molar-refractivity contribution >= 4 is 17.6 Å². The van der Waals surface area contributed by atoms with Crippen LogP contribution in [-0.2, 0) is 11.3 Å². The molecule has 1 heterocycles. The fourth-order valence-corrected chi connectivity index (χ4v) is 2.37. The Morgan fingerprint density at radius 3 is 2.61 bits per heavy atom. The van der Waals surface area contributed by atoms with E-state index in [-0.39, 0.29) is 18.9 Å².